The van der Waals surface area contributed by atoms with Crippen molar-refractivity contribution in [3.05, 3.63) is 65.8 Å². The van der Waals surface area contributed by atoms with Crippen LogP contribution in [0.2, 0.25) is 0 Å². The van der Waals surface area contributed by atoms with Crippen LogP contribution in [0, 0.1) is 6.92 Å². The zero-order valence-electron chi connectivity index (χ0n) is 13.9. The van der Waals surface area contributed by atoms with E-state index in [2.05, 4.69) is 39.2 Å². The van der Waals surface area contributed by atoms with Gasteiger partial charge in [-0.05, 0) is 12.5 Å². The molecule has 1 amide bonds. The molecule has 0 radical (unpaired) electrons. The summed E-state index contributed by atoms with van der Waals surface area (Å²) in [6.07, 6.45) is 7.41. The lowest BCUT2D eigenvalue weighted by Crippen LogP contribution is -2.48. The maximum absolute atomic E-state index is 12.5. The summed E-state index contributed by atoms with van der Waals surface area (Å²) in [6.45, 7) is 6.01. The Balaban J connectivity index is 1.50. The lowest BCUT2D eigenvalue weighted by Gasteiger charge is -2.34. The van der Waals surface area contributed by atoms with E-state index in [0.29, 0.717) is 5.56 Å². The molecule has 0 spiro atoms. The van der Waals surface area contributed by atoms with Crippen LogP contribution in [0.4, 0.5) is 0 Å². The number of rotatable bonds is 4. The first-order chi connectivity index (χ1) is 11.7. The lowest BCUT2D eigenvalue weighted by molar-refractivity contribution is 0.0648. The minimum atomic E-state index is 0.0348. The SMILES string of the molecule is Cc1ncncc1C(=O)N1CCN(CC=Cc2ccccc2)CC1. The molecular weight excluding hydrogens is 300 g/mol. The third-order valence-electron chi connectivity index (χ3n) is 4.27. The Morgan fingerprint density at radius 3 is 2.62 bits per heavy atom. The fourth-order valence-electron chi connectivity index (χ4n) is 2.81. The van der Waals surface area contributed by atoms with Gasteiger partial charge in [-0.3, -0.25) is 9.69 Å². The molecule has 1 aromatic heterocycles. The molecule has 2 heterocycles. The first kappa shape index (κ1) is 16.3. The van der Waals surface area contributed by atoms with Crippen molar-refractivity contribution in [2.45, 2.75) is 6.92 Å². The summed E-state index contributed by atoms with van der Waals surface area (Å²) in [7, 11) is 0. The van der Waals surface area contributed by atoms with E-state index in [-0.39, 0.29) is 5.91 Å². The molecule has 124 valence electrons. The number of aryl methyl sites for hydroxylation is 1. The van der Waals surface area contributed by atoms with Crippen molar-refractivity contribution in [3.8, 4) is 0 Å². The highest BCUT2D eigenvalue weighted by Gasteiger charge is 2.23. The summed E-state index contributed by atoms with van der Waals surface area (Å²) < 4.78 is 0. The minimum absolute atomic E-state index is 0.0348. The van der Waals surface area contributed by atoms with Gasteiger partial charge in [0.05, 0.1) is 11.3 Å². The first-order valence-electron chi connectivity index (χ1n) is 8.24. The van der Waals surface area contributed by atoms with Crippen LogP contribution in [0.1, 0.15) is 21.6 Å². The molecule has 2 aromatic rings. The van der Waals surface area contributed by atoms with Crippen molar-refractivity contribution in [2.24, 2.45) is 0 Å². The summed E-state index contributed by atoms with van der Waals surface area (Å²) in [5, 5.41) is 0. The van der Waals surface area contributed by atoms with Crippen molar-refractivity contribution in [1.82, 2.24) is 19.8 Å². The second kappa shape index (κ2) is 7.84. The average Bonchev–Trinajstić information content (AvgIpc) is 2.63. The van der Waals surface area contributed by atoms with Crippen LogP contribution in [0.25, 0.3) is 6.08 Å². The van der Waals surface area contributed by atoms with Crippen LogP contribution < -0.4 is 0 Å². The number of amides is 1. The molecule has 0 aliphatic carbocycles. The monoisotopic (exact) mass is 322 g/mol. The average molecular weight is 322 g/mol. The Kier molecular flexibility index (Phi) is 5.33. The van der Waals surface area contributed by atoms with E-state index >= 15 is 0 Å². The van der Waals surface area contributed by atoms with Gasteiger partial charge in [-0.25, -0.2) is 9.97 Å². The highest BCUT2D eigenvalue weighted by Crippen LogP contribution is 2.10. The molecule has 1 aromatic carbocycles. The fourth-order valence-corrected chi connectivity index (χ4v) is 2.81. The fraction of sp³-hybridized carbons (Fsp3) is 0.316. The number of benzene rings is 1. The molecule has 5 nitrogen and oxygen atoms in total. The van der Waals surface area contributed by atoms with Crippen LogP contribution in [-0.2, 0) is 0 Å². The van der Waals surface area contributed by atoms with Crippen molar-refractivity contribution >= 4 is 12.0 Å². The normalized spacial score (nSPS) is 15.8. The Morgan fingerprint density at radius 1 is 1.17 bits per heavy atom. The van der Waals surface area contributed by atoms with Crippen molar-refractivity contribution in [2.75, 3.05) is 32.7 Å². The van der Waals surface area contributed by atoms with Crippen LogP contribution in [0.5, 0.6) is 0 Å². The molecule has 0 bridgehead atoms. The molecule has 0 unspecified atom stereocenters. The van der Waals surface area contributed by atoms with E-state index in [1.807, 2.05) is 30.0 Å². The number of piperazine rings is 1. The van der Waals surface area contributed by atoms with Crippen molar-refractivity contribution in [3.63, 3.8) is 0 Å². The highest BCUT2D eigenvalue weighted by molar-refractivity contribution is 5.94. The van der Waals surface area contributed by atoms with Gasteiger partial charge in [-0.15, -0.1) is 0 Å². The third kappa shape index (κ3) is 4.06. The van der Waals surface area contributed by atoms with Gasteiger partial charge in [0.15, 0.2) is 0 Å². The summed E-state index contributed by atoms with van der Waals surface area (Å²) >= 11 is 0. The Morgan fingerprint density at radius 2 is 1.92 bits per heavy atom. The molecule has 1 fully saturated rings. The first-order valence-corrected chi connectivity index (χ1v) is 8.24. The molecule has 0 atom stereocenters. The van der Waals surface area contributed by atoms with Crippen LogP contribution >= 0.6 is 0 Å². The van der Waals surface area contributed by atoms with E-state index in [0.717, 1.165) is 38.4 Å². The van der Waals surface area contributed by atoms with Gasteiger partial charge >= 0.3 is 0 Å². The topological polar surface area (TPSA) is 49.3 Å². The molecule has 0 N–H and O–H groups in total. The number of carbonyl (C=O) groups is 1. The van der Waals surface area contributed by atoms with Crippen molar-refractivity contribution in [1.29, 1.82) is 0 Å². The van der Waals surface area contributed by atoms with Gasteiger partial charge < -0.3 is 4.90 Å². The Bertz CT molecular complexity index is 706. The van der Waals surface area contributed by atoms with E-state index in [9.17, 15) is 4.79 Å². The van der Waals surface area contributed by atoms with E-state index in [1.165, 1.54) is 11.9 Å². The van der Waals surface area contributed by atoms with Gasteiger partial charge in [0.2, 0.25) is 0 Å². The molecule has 24 heavy (non-hydrogen) atoms. The number of hydrogen-bond donors (Lipinski definition) is 0. The quantitative estimate of drug-likeness (QED) is 0.866. The number of carbonyl (C=O) groups excluding carboxylic acids is 1. The van der Waals surface area contributed by atoms with Gasteiger partial charge in [-0.1, -0.05) is 42.5 Å². The summed E-state index contributed by atoms with van der Waals surface area (Å²) in [5.41, 5.74) is 2.56. The Hall–Kier alpha value is -2.53. The van der Waals surface area contributed by atoms with E-state index in [1.54, 1.807) is 6.20 Å². The second-order valence-corrected chi connectivity index (χ2v) is 5.93. The van der Waals surface area contributed by atoms with Gasteiger partial charge in [-0.2, -0.15) is 0 Å². The van der Waals surface area contributed by atoms with Gasteiger partial charge in [0.25, 0.3) is 5.91 Å². The number of nitrogens with zero attached hydrogens (tertiary/aromatic N) is 4. The van der Waals surface area contributed by atoms with Gasteiger partial charge in [0.1, 0.15) is 6.33 Å². The minimum Gasteiger partial charge on any atom is -0.336 e. The molecular formula is C19H22N4O. The summed E-state index contributed by atoms with van der Waals surface area (Å²) in [6, 6.07) is 10.3. The third-order valence-corrected chi connectivity index (χ3v) is 4.27. The van der Waals surface area contributed by atoms with Crippen molar-refractivity contribution < 1.29 is 4.79 Å². The number of hydrogen-bond acceptors (Lipinski definition) is 4. The maximum Gasteiger partial charge on any atom is 0.257 e. The smallest absolute Gasteiger partial charge is 0.257 e. The van der Waals surface area contributed by atoms with Crippen LogP contribution in [-0.4, -0.2) is 58.4 Å². The van der Waals surface area contributed by atoms with Crippen LogP contribution in [0.15, 0.2) is 48.9 Å². The maximum atomic E-state index is 12.5. The van der Waals surface area contributed by atoms with E-state index in [4.69, 9.17) is 0 Å². The highest BCUT2D eigenvalue weighted by atomic mass is 16.2. The molecule has 3 rings (SSSR count). The lowest BCUT2D eigenvalue weighted by atomic mass is 10.2. The van der Waals surface area contributed by atoms with Gasteiger partial charge in [0, 0.05) is 38.9 Å². The number of aromatic nitrogens is 2. The molecule has 1 aliphatic rings. The molecule has 1 aliphatic heterocycles. The summed E-state index contributed by atoms with van der Waals surface area (Å²) in [4.78, 5) is 24.9. The molecule has 0 saturated carbocycles. The second-order valence-electron chi connectivity index (χ2n) is 5.93. The zero-order chi connectivity index (χ0) is 16.8. The molecule has 5 heteroatoms. The Labute approximate surface area is 142 Å². The predicted octanol–water partition coefficient (Wildman–Crippen LogP) is 2.26. The summed E-state index contributed by atoms with van der Waals surface area (Å²) in [5.74, 6) is 0.0348. The largest absolute Gasteiger partial charge is 0.336 e. The van der Waals surface area contributed by atoms with Crippen LogP contribution in [0.3, 0.4) is 0 Å². The standard InChI is InChI=1S/C19H22N4O/c1-16-18(14-20-15-21-16)19(24)23-12-10-22(11-13-23)9-5-8-17-6-3-2-4-7-17/h2-8,14-15H,9-13H2,1H3. The zero-order valence-corrected chi connectivity index (χ0v) is 13.9. The predicted molar refractivity (Wildman–Crippen MR) is 94.6 cm³/mol. The molecule has 1 saturated heterocycles. The van der Waals surface area contributed by atoms with E-state index < -0.39 is 0 Å².